The summed E-state index contributed by atoms with van der Waals surface area (Å²) < 4.78 is 11.8. The van der Waals surface area contributed by atoms with Crippen LogP contribution in [0.25, 0.3) is 0 Å². The topological polar surface area (TPSA) is 66.6 Å². The second-order valence-corrected chi connectivity index (χ2v) is 11.6. The summed E-state index contributed by atoms with van der Waals surface area (Å²) in [4.78, 5) is 0. The molecule has 6 nitrogen and oxygen atoms in total. The zero-order chi connectivity index (χ0) is 29.0. The van der Waals surface area contributed by atoms with Gasteiger partial charge in [-0.15, -0.1) is 0 Å². The van der Waals surface area contributed by atoms with Gasteiger partial charge in [0.1, 0.15) is 0 Å². The summed E-state index contributed by atoms with van der Waals surface area (Å²) in [6, 6.07) is 0. The van der Waals surface area contributed by atoms with Gasteiger partial charge >= 0.3 is 0 Å². The van der Waals surface area contributed by atoms with Gasteiger partial charge in [-0.25, -0.2) is 0 Å². The summed E-state index contributed by atoms with van der Waals surface area (Å²) >= 11 is 0. The van der Waals surface area contributed by atoms with Crippen molar-refractivity contribution < 1.29 is 9.47 Å². The minimum atomic E-state index is 0.164. The van der Waals surface area contributed by atoms with Gasteiger partial charge in [0, 0.05) is 19.8 Å². The molecule has 0 aromatic rings. The van der Waals surface area contributed by atoms with Crippen molar-refractivity contribution in [2.24, 2.45) is 0 Å². The van der Waals surface area contributed by atoms with Gasteiger partial charge in [0.05, 0.1) is 12.7 Å². The average molecular weight is 571 g/mol. The molecule has 0 fully saturated rings. The fourth-order valence-corrected chi connectivity index (χ4v) is 5.07. The molecule has 0 bridgehead atoms. The Bertz CT molecular complexity index is 442. The lowest BCUT2D eigenvalue weighted by Crippen LogP contribution is -2.34. The third-order valence-electron chi connectivity index (χ3n) is 7.59. The number of rotatable bonds is 36. The Kier molecular flexibility index (Phi) is 36.6. The molecule has 0 saturated heterocycles. The largest absolute Gasteiger partial charge is 0.379 e. The van der Waals surface area contributed by atoms with Crippen molar-refractivity contribution in [2.45, 2.75) is 149 Å². The van der Waals surface area contributed by atoms with Gasteiger partial charge in [-0.1, -0.05) is 110 Å². The van der Waals surface area contributed by atoms with Crippen LogP contribution in [0.2, 0.25) is 0 Å². The molecule has 1 unspecified atom stereocenters. The molecule has 0 aliphatic rings. The average Bonchev–Trinajstić information content (AvgIpc) is 2.96. The molecule has 0 aromatic carbocycles. The van der Waals surface area contributed by atoms with E-state index in [9.17, 15) is 0 Å². The van der Waals surface area contributed by atoms with Crippen LogP contribution in [0, 0.1) is 0 Å². The zero-order valence-corrected chi connectivity index (χ0v) is 27.6. The lowest BCUT2D eigenvalue weighted by molar-refractivity contribution is -0.0113. The predicted octanol–water partition coefficient (Wildman–Crippen LogP) is 7.22. The van der Waals surface area contributed by atoms with E-state index < -0.39 is 0 Å². The normalized spacial score (nSPS) is 12.4. The van der Waals surface area contributed by atoms with E-state index in [0.717, 1.165) is 72.0 Å². The van der Waals surface area contributed by atoms with Crippen molar-refractivity contribution in [1.29, 1.82) is 0 Å². The molecule has 0 aliphatic carbocycles. The van der Waals surface area contributed by atoms with Crippen LogP contribution in [0.3, 0.4) is 0 Å². The van der Waals surface area contributed by atoms with Gasteiger partial charge in [-0.05, 0) is 78.4 Å². The van der Waals surface area contributed by atoms with Crippen LogP contribution in [0.1, 0.15) is 143 Å². The minimum absolute atomic E-state index is 0.164. The Morgan fingerprint density at radius 1 is 0.450 bits per heavy atom. The maximum atomic E-state index is 5.95. The Balaban J connectivity index is 3.34. The first kappa shape index (κ1) is 39.8. The molecule has 0 aliphatic heterocycles. The fourth-order valence-electron chi connectivity index (χ4n) is 5.07. The van der Waals surface area contributed by atoms with Crippen molar-refractivity contribution in [3.63, 3.8) is 0 Å². The third kappa shape index (κ3) is 34.0. The standard InChI is InChI=1S/C34H74N4O2/c1-4-7-8-9-10-11-12-13-14-15-16-17-18-19-20-21-31-39-33-34(40-6-3)32-38-30-24-29-37-28-23-27-36-26-22-25-35-5-2/h34-38H,4-33H2,1-3H3. The van der Waals surface area contributed by atoms with E-state index in [1.165, 1.54) is 116 Å². The Labute approximate surface area is 251 Å². The second-order valence-electron chi connectivity index (χ2n) is 11.6. The third-order valence-corrected chi connectivity index (χ3v) is 7.59. The van der Waals surface area contributed by atoms with Gasteiger partial charge < -0.3 is 30.7 Å². The van der Waals surface area contributed by atoms with E-state index >= 15 is 0 Å². The van der Waals surface area contributed by atoms with Crippen LogP contribution in [-0.2, 0) is 9.47 Å². The molecule has 0 spiro atoms. The molecule has 0 radical (unpaired) electrons. The molecule has 0 amide bonds. The maximum absolute atomic E-state index is 5.95. The summed E-state index contributed by atoms with van der Waals surface area (Å²) in [6.45, 7) is 17.3. The molecule has 242 valence electrons. The highest BCUT2D eigenvalue weighted by atomic mass is 16.5. The SMILES string of the molecule is CCCCCCCCCCCCCCCCCCOCC(CNCCCNCCCNCCCNCC)OCC. The molecule has 4 N–H and O–H groups in total. The summed E-state index contributed by atoms with van der Waals surface area (Å²) in [5.41, 5.74) is 0. The number of unbranched alkanes of at least 4 members (excludes halogenated alkanes) is 15. The van der Waals surface area contributed by atoms with Crippen molar-refractivity contribution in [1.82, 2.24) is 21.3 Å². The maximum Gasteiger partial charge on any atom is 0.0932 e. The first-order chi connectivity index (χ1) is 19.8. The molecule has 0 saturated carbocycles. The molecule has 1 atom stereocenters. The Morgan fingerprint density at radius 3 is 1.32 bits per heavy atom. The van der Waals surface area contributed by atoms with Gasteiger partial charge in [0.25, 0.3) is 0 Å². The summed E-state index contributed by atoms with van der Waals surface area (Å²) in [5.74, 6) is 0. The van der Waals surface area contributed by atoms with Crippen LogP contribution >= 0.6 is 0 Å². The second kappa shape index (κ2) is 36.8. The van der Waals surface area contributed by atoms with E-state index in [0.29, 0.717) is 6.61 Å². The first-order valence-corrected chi connectivity index (χ1v) is 17.9. The van der Waals surface area contributed by atoms with E-state index in [1.807, 2.05) is 0 Å². The van der Waals surface area contributed by atoms with Gasteiger partial charge in [-0.3, -0.25) is 0 Å². The number of ether oxygens (including phenoxy) is 2. The van der Waals surface area contributed by atoms with Crippen molar-refractivity contribution in [2.75, 3.05) is 72.2 Å². The van der Waals surface area contributed by atoms with Crippen molar-refractivity contribution in [3.8, 4) is 0 Å². The lowest BCUT2D eigenvalue weighted by atomic mass is 10.0. The molecular formula is C34H74N4O2. The van der Waals surface area contributed by atoms with Gasteiger partial charge in [0.15, 0.2) is 0 Å². The highest BCUT2D eigenvalue weighted by molar-refractivity contribution is 4.62. The molecular weight excluding hydrogens is 496 g/mol. The van der Waals surface area contributed by atoms with E-state index in [-0.39, 0.29) is 6.10 Å². The Morgan fingerprint density at radius 2 is 0.875 bits per heavy atom. The van der Waals surface area contributed by atoms with Crippen molar-refractivity contribution >= 4 is 0 Å². The molecule has 0 heterocycles. The number of nitrogens with one attached hydrogen (secondary N) is 4. The lowest BCUT2D eigenvalue weighted by Gasteiger charge is -2.18. The Hall–Kier alpha value is -0.240. The minimum Gasteiger partial charge on any atom is -0.379 e. The quantitative estimate of drug-likeness (QED) is 0.0597. The van der Waals surface area contributed by atoms with Crippen LogP contribution in [0.4, 0.5) is 0 Å². The number of hydrogen-bond acceptors (Lipinski definition) is 6. The van der Waals surface area contributed by atoms with Crippen LogP contribution < -0.4 is 21.3 Å². The predicted molar refractivity (Wildman–Crippen MR) is 177 cm³/mol. The molecule has 6 heteroatoms. The highest BCUT2D eigenvalue weighted by Crippen LogP contribution is 2.13. The molecule has 0 rings (SSSR count). The smallest absolute Gasteiger partial charge is 0.0932 e. The van der Waals surface area contributed by atoms with Gasteiger partial charge in [-0.2, -0.15) is 0 Å². The fraction of sp³-hybridized carbons (Fsp3) is 1.00. The van der Waals surface area contributed by atoms with Crippen molar-refractivity contribution in [3.05, 3.63) is 0 Å². The van der Waals surface area contributed by atoms with Gasteiger partial charge in [0.2, 0.25) is 0 Å². The monoisotopic (exact) mass is 571 g/mol. The zero-order valence-electron chi connectivity index (χ0n) is 27.6. The number of hydrogen-bond donors (Lipinski definition) is 4. The van der Waals surface area contributed by atoms with E-state index in [2.05, 4.69) is 42.0 Å². The summed E-state index contributed by atoms with van der Waals surface area (Å²) in [6.07, 6.45) is 26.2. The highest BCUT2D eigenvalue weighted by Gasteiger charge is 2.08. The molecule has 0 aromatic heterocycles. The summed E-state index contributed by atoms with van der Waals surface area (Å²) in [5, 5.41) is 14.0. The molecule has 40 heavy (non-hydrogen) atoms. The van der Waals surface area contributed by atoms with Crippen LogP contribution in [0.5, 0.6) is 0 Å². The first-order valence-electron chi connectivity index (χ1n) is 17.9. The summed E-state index contributed by atoms with van der Waals surface area (Å²) in [7, 11) is 0. The van der Waals surface area contributed by atoms with E-state index in [4.69, 9.17) is 9.47 Å². The van der Waals surface area contributed by atoms with E-state index in [1.54, 1.807) is 0 Å². The van der Waals surface area contributed by atoms with Crippen LogP contribution in [0.15, 0.2) is 0 Å². The van der Waals surface area contributed by atoms with Crippen LogP contribution in [-0.4, -0.2) is 78.3 Å².